The molecule has 1 aliphatic heterocycles. The molecule has 0 radical (unpaired) electrons. The maximum absolute atomic E-state index is 12.1. The summed E-state index contributed by atoms with van der Waals surface area (Å²) < 4.78 is 0. The third-order valence-electron chi connectivity index (χ3n) is 5.86. The van der Waals surface area contributed by atoms with Crippen LogP contribution in [0.3, 0.4) is 0 Å². The smallest absolute Gasteiger partial charge is 0.269 e. The van der Waals surface area contributed by atoms with E-state index in [-0.39, 0.29) is 11.5 Å². The molecular formula is C23H28N6O2. The third kappa shape index (κ3) is 4.44. The number of hydrogen-bond acceptors (Lipinski definition) is 6. The summed E-state index contributed by atoms with van der Waals surface area (Å²) in [6.45, 7) is 7.64. The molecule has 0 saturated carbocycles. The zero-order chi connectivity index (χ0) is 22.0. The zero-order valence-corrected chi connectivity index (χ0v) is 18.2. The van der Waals surface area contributed by atoms with Gasteiger partial charge in [-0.05, 0) is 43.2 Å². The van der Waals surface area contributed by atoms with Crippen LogP contribution in [0.15, 0.2) is 41.5 Å². The molecule has 162 valence electrons. The first-order valence-corrected chi connectivity index (χ1v) is 10.7. The number of fused-ring (bicyclic) bond motifs is 1. The minimum absolute atomic E-state index is 0.0350. The van der Waals surface area contributed by atoms with E-state index in [9.17, 15) is 9.59 Å². The molecule has 1 unspecified atom stereocenters. The van der Waals surface area contributed by atoms with Crippen molar-refractivity contribution in [2.24, 2.45) is 0 Å². The van der Waals surface area contributed by atoms with Gasteiger partial charge in [-0.15, -0.1) is 0 Å². The lowest BCUT2D eigenvalue weighted by Crippen LogP contribution is -2.51. The number of carbonyl (C=O) groups excluding carboxylic acids is 1. The van der Waals surface area contributed by atoms with Crippen molar-refractivity contribution in [3.8, 4) is 0 Å². The molecule has 8 nitrogen and oxygen atoms in total. The van der Waals surface area contributed by atoms with Crippen LogP contribution in [0.4, 0.5) is 5.69 Å². The van der Waals surface area contributed by atoms with Crippen molar-refractivity contribution in [2.75, 3.05) is 31.6 Å². The van der Waals surface area contributed by atoms with E-state index in [2.05, 4.69) is 37.0 Å². The molecule has 3 aromatic rings. The molecule has 1 atom stereocenters. The highest BCUT2D eigenvalue weighted by molar-refractivity contribution is 5.92. The van der Waals surface area contributed by atoms with E-state index in [0.717, 1.165) is 54.0 Å². The maximum atomic E-state index is 12.1. The lowest BCUT2D eigenvalue weighted by Gasteiger charge is -2.41. The number of nitrogens with one attached hydrogen (secondary N) is 2. The van der Waals surface area contributed by atoms with Gasteiger partial charge < -0.3 is 15.2 Å². The second-order valence-electron chi connectivity index (χ2n) is 8.01. The zero-order valence-electron chi connectivity index (χ0n) is 18.2. The monoisotopic (exact) mass is 420 g/mol. The number of amides is 1. The van der Waals surface area contributed by atoms with Gasteiger partial charge in [0.1, 0.15) is 5.69 Å². The Morgan fingerprint density at radius 1 is 1.23 bits per heavy atom. The van der Waals surface area contributed by atoms with Crippen molar-refractivity contribution >= 4 is 22.6 Å². The van der Waals surface area contributed by atoms with Gasteiger partial charge in [-0.1, -0.05) is 6.92 Å². The number of nitrogens with zero attached hydrogens (tertiary/aromatic N) is 4. The Bertz CT molecular complexity index is 1140. The predicted molar refractivity (Wildman–Crippen MR) is 121 cm³/mol. The van der Waals surface area contributed by atoms with Gasteiger partial charge in [-0.2, -0.15) is 0 Å². The van der Waals surface area contributed by atoms with E-state index < -0.39 is 0 Å². The van der Waals surface area contributed by atoms with Crippen LogP contribution in [0.2, 0.25) is 0 Å². The van der Waals surface area contributed by atoms with Crippen LogP contribution >= 0.6 is 0 Å². The summed E-state index contributed by atoms with van der Waals surface area (Å²) >= 11 is 0. The molecular weight excluding hydrogens is 392 g/mol. The Hall–Kier alpha value is -3.26. The maximum Gasteiger partial charge on any atom is 0.269 e. The van der Waals surface area contributed by atoms with Gasteiger partial charge in [-0.25, -0.2) is 4.98 Å². The van der Waals surface area contributed by atoms with Gasteiger partial charge >= 0.3 is 0 Å². The largest absolute Gasteiger partial charge is 0.365 e. The van der Waals surface area contributed by atoms with Crippen molar-refractivity contribution in [1.82, 2.24) is 25.2 Å². The minimum atomic E-state index is -0.180. The molecule has 31 heavy (non-hydrogen) atoms. The van der Waals surface area contributed by atoms with Gasteiger partial charge in [0.2, 0.25) is 0 Å². The molecule has 0 spiro atoms. The third-order valence-corrected chi connectivity index (χ3v) is 5.86. The molecule has 1 amide bonds. The summed E-state index contributed by atoms with van der Waals surface area (Å²) in [4.78, 5) is 40.4. The first-order chi connectivity index (χ1) is 15.0. The standard InChI is InChI=1S/C23H28N6O2/c1-4-17-10-20-21(27-22(17)30)9-16(11-25-20)14-28-7-8-29(15(2)13-28)18-5-6-19(26-12-18)23(31)24-3/h5-6,9-12,15H,4,7-8,13-14H2,1-3H3,(H,24,31)(H,27,30). The van der Waals surface area contributed by atoms with Gasteiger partial charge in [0.05, 0.1) is 22.9 Å². The molecule has 4 heterocycles. The Morgan fingerprint density at radius 2 is 2.06 bits per heavy atom. The Kier molecular flexibility index (Phi) is 5.99. The summed E-state index contributed by atoms with van der Waals surface area (Å²) in [5.74, 6) is -0.180. The SMILES string of the molecule is CCc1cc2ncc(CN3CCN(c4ccc(C(=O)NC)nc4)C(C)C3)cc2[nH]c1=O. The van der Waals surface area contributed by atoms with Gasteiger partial charge in [0.15, 0.2) is 0 Å². The van der Waals surface area contributed by atoms with E-state index in [0.29, 0.717) is 18.2 Å². The van der Waals surface area contributed by atoms with Crippen LogP contribution < -0.4 is 15.8 Å². The van der Waals surface area contributed by atoms with Crippen LogP contribution in [0.25, 0.3) is 11.0 Å². The lowest BCUT2D eigenvalue weighted by atomic mass is 10.1. The second kappa shape index (κ2) is 8.85. The first-order valence-electron chi connectivity index (χ1n) is 10.7. The Morgan fingerprint density at radius 3 is 2.74 bits per heavy atom. The molecule has 4 rings (SSSR count). The van der Waals surface area contributed by atoms with Gasteiger partial charge in [0.25, 0.3) is 11.5 Å². The number of pyridine rings is 3. The fraction of sp³-hybridized carbons (Fsp3) is 0.391. The quantitative estimate of drug-likeness (QED) is 0.655. The van der Waals surface area contributed by atoms with Crippen LogP contribution in [0.5, 0.6) is 0 Å². The van der Waals surface area contributed by atoms with E-state index >= 15 is 0 Å². The number of aryl methyl sites for hydroxylation is 1. The van der Waals surface area contributed by atoms with E-state index in [4.69, 9.17) is 0 Å². The van der Waals surface area contributed by atoms with Crippen LogP contribution in [0.1, 0.15) is 35.5 Å². The number of hydrogen-bond donors (Lipinski definition) is 2. The number of H-pyrrole nitrogens is 1. The normalized spacial score (nSPS) is 17.1. The number of aromatic amines is 1. The van der Waals surface area contributed by atoms with Crippen LogP contribution in [-0.4, -0.2) is 58.5 Å². The van der Waals surface area contributed by atoms with Crippen molar-refractivity contribution in [3.05, 3.63) is 63.8 Å². The van der Waals surface area contributed by atoms with Crippen molar-refractivity contribution in [3.63, 3.8) is 0 Å². The molecule has 0 aliphatic carbocycles. The van der Waals surface area contributed by atoms with Crippen molar-refractivity contribution < 1.29 is 4.79 Å². The number of piperazine rings is 1. The topological polar surface area (TPSA) is 94.2 Å². The second-order valence-corrected chi connectivity index (χ2v) is 8.01. The highest BCUT2D eigenvalue weighted by Gasteiger charge is 2.24. The van der Waals surface area contributed by atoms with E-state index in [1.54, 1.807) is 19.3 Å². The number of anilines is 1. The van der Waals surface area contributed by atoms with Gasteiger partial charge in [0, 0.05) is 51.0 Å². The number of rotatable bonds is 5. The van der Waals surface area contributed by atoms with Gasteiger partial charge in [-0.3, -0.25) is 19.5 Å². The highest BCUT2D eigenvalue weighted by atomic mass is 16.1. The van der Waals surface area contributed by atoms with Crippen molar-refractivity contribution in [1.29, 1.82) is 0 Å². The summed E-state index contributed by atoms with van der Waals surface area (Å²) in [6.07, 6.45) is 4.37. The van der Waals surface area contributed by atoms with E-state index in [1.807, 2.05) is 31.3 Å². The Labute approximate surface area is 181 Å². The Balaban J connectivity index is 1.43. The van der Waals surface area contributed by atoms with E-state index in [1.165, 1.54) is 0 Å². The minimum Gasteiger partial charge on any atom is -0.365 e. The highest BCUT2D eigenvalue weighted by Crippen LogP contribution is 2.21. The fourth-order valence-electron chi connectivity index (χ4n) is 4.15. The predicted octanol–water partition coefficient (Wildman–Crippen LogP) is 1.95. The van der Waals surface area contributed by atoms with Crippen LogP contribution in [0, 0.1) is 0 Å². The average Bonchev–Trinajstić information content (AvgIpc) is 2.78. The molecule has 2 N–H and O–H groups in total. The molecule has 3 aromatic heterocycles. The van der Waals surface area contributed by atoms with Crippen molar-refractivity contribution in [2.45, 2.75) is 32.9 Å². The summed E-state index contributed by atoms with van der Waals surface area (Å²) in [7, 11) is 1.60. The molecule has 8 heteroatoms. The lowest BCUT2D eigenvalue weighted by molar-refractivity contribution is 0.0958. The average molecular weight is 421 g/mol. The molecule has 0 bridgehead atoms. The molecule has 1 aliphatic rings. The number of aromatic nitrogens is 3. The summed E-state index contributed by atoms with van der Waals surface area (Å²) in [6, 6.07) is 7.93. The molecule has 0 aromatic carbocycles. The fourth-order valence-corrected chi connectivity index (χ4v) is 4.15. The molecule has 1 fully saturated rings. The summed E-state index contributed by atoms with van der Waals surface area (Å²) in [5.41, 5.74) is 4.87. The summed E-state index contributed by atoms with van der Waals surface area (Å²) in [5, 5.41) is 2.59. The first kappa shape index (κ1) is 21.0. The number of carbonyl (C=O) groups is 1. The molecule has 1 saturated heterocycles. The van der Waals surface area contributed by atoms with Crippen LogP contribution in [-0.2, 0) is 13.0 Å².